The van der Waals surface area contributed by atoms with Gasteiger partial charge in [0.15, 0.2) is 5.43 Å². The van der Waals surface area contributed by atoms with Crippen molar-refractivity contribution in [2.75, 3.05) is 0 Å². The minimum atomic E-state index is -0.272. The van der Waals surface area contributed by atoms with Crippen LogP contribution in [0.1, 0.15) is 17.0 Å². The fourth-order valence-electron chi connectivity index (χ4n) is 4.51. The average molecular weight is 574 g/mol. The normalized spacial score (nSPS) is 11.5. The molecule has 35 heavy (non-hydrogen) atoms. The standard InChI is InChI=1S/C28H23IN4O2/c1-18-15-20(19(2)33(18)22-13-11-21(29)12-14-22)16-30-31-27(34)17-32-25-9-5-3-7-23(25)28(35)24-8-4-6-10-26(24)32/h3-16H,17H2,1-2H3,(H,31,34). The Morgan fingerprint density at radius 1 is 0.943 bits per heavy atom. The van der Waals surface area contributed by atoms with Gasteiger partial charge < -0.3 is 9.13 Å². The average Bonchev–Trinajstić information content (AvgIpc) is 3.15. The van der Waals surface area contributed by atoms with E-state index in [1.165, 1.54) is 3.57 Å². The summed E-state index contributed by atoms with van der Waals surface area (Å²) in [5.74, 6) is -0.272. The fourth-order valence-corrected chi connectivity index (χ4v) is 4.87. The predicted octanol–water partition coefficient (Wildman–Crippen LogP) is 5.32. The minimum Gasteiger partial charge on any atom is -0.331 e. The Balaban J connectivity index is 1.40. The lowest BCUT2D eigenvalue weighted by molar-refractivity contribution is -0.121. The molecule has 0 atom stereocenters. The van der Waals surface area contributed by atoms with Gasteiger partial charge in [-0.3, -0.25) is 9.59 Å². The van der Waals surface area contributed by atoms with Crippen LogP contribution in [0.3, 0.4) is 0 Å². The fraction of sp³-hybridized carbons (Fsp3) is 0.107. The van der Waals surface area contributed by atoms with Gasteiger partial charge in [0, 0.05) is 37.0 Å². The van der Waals surface area contributed by atoms with E-state index < -0.39 is 0 Å². The SMILES string of the molecule is Cc1cc(C=NNC(=O)Cn2c3ccccc3c(=O)c3ccccc32)c(C)n1-c1ccc(I)cc1. The third-order valence-corrected chi connectivity index (χ3v) is 6.85. The highest BCUT2D eigenvalue weighted by molar-refractivity contribution is 14.1. The van der Waals surface area contributed by atoms with Crippen molar-refractivity contribution >= 4 is 56.5 Å². The third-order valence-electron chi connectivity index (χ3n) is 6.13. The second-order valence-corrected chi connectivity index (χ2v) is 9.63. The van der Waals surface area contributed by atoms with Crippen molar-refractivity contribution in [3.63, 3.8) is 0 Å². The van der Waals surface area contributed by atoms with Crippen LogP contribution in [0, 0.1) is 17.4 Å². The van der Waals surface area contributed by atoms with Crippen molar-refractivity contribution in [2.24, 2.45) is 5.10 Å². The molecule has 0 aliphatic heterocycles. The van der Waals surface area contributed by atoms with Gasteiger partial charge >= 0.3 is 0 Å². The van der Waals surface area contributed by atoms with Gasteiger partial charge in [0.05, 0.1) is 17.2 Å². The van der Waals surface area contributed by atoms with E-state index in [-0.39, 0.29) is 17.9 Å². The van der Waals surface area contributed by atoms with E-state index in [4.69, 9.17) is 0 Å². The molecule has 0 fully saturated rings. The number of pyridine rings is 1. The Hall–Kier alpha value is -3.72. The lowest BCUT2D eigenvalue weighted by atomic mass is 10.1. The number of nitrogens with zero attached hydrogens (tertiary/aromatic N) is 3. The number of aromatic nitrogens is 2. The van der Waals surface area contributed by atoms with E-state index in [9.17, 15) is 9.59 Å². The quantitative estimate of drug-likeness (QED) is 0.134. The van der Waals surface area contributed by atoms with Gasteiger partial charge in [-0.05, 0) is 91.0 Å². The molecule has 0 unspecified atom stereocenters. The summed E-state index contributed by atoms with van der Waals surface area (Å²) in [6, 6.07) is 25.1. The van der Waals surface area contributed by atoms with Crippen molar-refractivity contribution in [1.29, 1.82) is 0 Å². The first-order chi connectivity index (χ1) is 16.9. The van der Waals surface area contributed by atoms with Gasteiger partial charge in [-0.15, -0.1) is 0 Å². The molecule has 0 aliphatic rings. The number of carbonyl (C=O) groups is 1. The van der Waals surface area contributed by atoms with Crippen molar-refractivity contribution in [3.8, 4) is 5.69 Å². The van der Waals surface area contributed by atoms with Gasteiger partial charge in [-0.1, -0.05) is 24.3 Å². The molecule has 0 saturated carbocycles. The molecule has 2 heterocycles. The topological polar surface area (TPSA) is 68.4 Å². The van der Waals surface area contributed by atoms with Gasteiger partial charge in [-0.25, -0.2) is 5.43 Å². The zero-order valence-corrected chi connectivity index (χ0v) is 21.5. The number of hydrogen-bond acceptors (Lipinski definition) is 3. The van der Waals surface area contributed by atoms with Crippen molar-refractivity contribution in [2.45, 2.75) is 20.4 Å². The zero-order chi connectivity index (χ0) is 24.5. The van der Waals surface area contributed by atoms with Gasteiger partial charge in [0.25, 0.3) is 5.91 Å². The van der Waals surface area contributed by atoms with Crippen molar-refractivity contribution in [1.82, 2.24) is 14.6 Å². The van der Waals surface area contributed by atoms with Crippen LogP contribution in [0.5, 0.6) is 0 Å². The number of hydrazone groups is 1. The molecule has 2 aromatic heterocycles. The van der Waals surface area contributed by atoms with E-state index in [2.05, 4.69) is 62.0 Å². The van der Waals surface area contributed by atoms with Crippen molar-refractivity contribution in [3.05, 3.63) is 110 Å². The maximum atomic E-state index is 12.9. The molecule has 174 valence electrons. The van der Waals surface area contributed by atoms with Gasteiger partial charge in [0.1, 0.15) is 6.54 Å². The molecule has 5 rings (SSSR count). The summed E-state index contributed by atoms with van der Waals surface area (Å²) >= 11 is 2.29. The summed E-state index contributed by atoms with van der Waals surface area (Å²) < 4.78 is 5.21. The van der Waals surface area contributed by atoms with Gasteiger partial charge in [0.2, 0.25) is 0 Å². The highest BCUT2D eigenvalue weighted by atomic mass is 127. The summed E-state index contributed by atoms with van der Waals surface area (Å²) in [4.78, 5) is 25.8. The van der Waals surface area contributed by atoms with Crippen LogP contribution in [0.15, 0.2) is 88.8 Å². The predicted molar refractivity (Wildman–Crippen MR) is 149 cm³/mol. The molecule has 5 aromatic rings. The maximum Gasteiger partial charge on any atom is 0.260 e. The number of nitrogens with one attached hydrogen (secondary N) is 1. The molecule has 3 aromatic carbocycles. The second kappa shape index (κ2) is 9.50. The first-order valence-corrected chi connectivity index (χ1v) is 12.3. The molecule has 1 amide bonds. The number of hydrogen-bond donors (Lipinski definition) is 1. The molecule has 1 N–H and O–H groups in total. The summed E-state index contributed by atoms with van der Waals surface area (Å²) in [6.07, 6.45) is 1.67. The Morgan fingerprint density at radius 3 is 2.17 bits per heavy atom. The molecular formula is C28H23IN4O2. The lowest BCUT2D eigenvalue weighted by Gasteiger charge is -2.14. The highest BCUT2D eigenvalue weighted by Crippen LogP contribution is 2.21. The molecule has 0 aliphatic carbocycles. The van der Waals surface area contributed by atoms with Crippen LogP contribution in [0.2, 0.25) is 0 Å². The molecule has 0 radical (unpaired) electrons. The van der Waals surface area contributed by atoms with Crippen LogP contribution < -0.4 is 10.9 Å². The third kappa shape index (κ3) is 4.39. The van der Waals surface area contributed by atoms with Crippen LogP contribution in [0.4, 0.5) is 0 Å². The number of halogens is 1. The van der Waals surface area contributed by atoms with Crippen molar-refractivity contribution < 1.29 is 4.79 Å². The van der Waals surface area contributed by atoms with Crippen LogP contribution in [-0.4, -0.2) is 21.3 Å². The number of para-hydroxylation sites is 2. The molecule has 7 heteroatoms. The van der Waals surface area contributed by atoms with E-state index >= 15 is 0 Å². The number of amides is 1. The Labute approximate surface area is 216 Å². The number of benzene rings is 3. The largest absolute Gasteiger partial charge is 0.331 e. The van der Waals surface area contributed by atoms with Crippen LogP contribution >= 0.6 is 22.6 Å². The first-order valence-electron chi connectivity index (χ1n) is 11.2. The first kappa shape index (κ1) is 23.0. The highest BCUT2D eigenvalue weighted by Gasteiger charge is 2.13. The molecular weight excluding hydrogens is 551 g/mol. The maximum absolute atomic E-state index is 12.9. The van der Waals surface area contributed by atoms with E-state index in [1.807, 2.05) is 60.9 Å². The molecule has 0 spiro atoms. The second-order valence-electron chi connectivity index (χ2n) is 8.38. The molecule has 0 bridgehead atoms. The Morgan fingerprint density at radius 2 is 1.54 bits per heavy atom. The lowest BCUT2D eigenvalue weighted by Crippen LogP contribution is -2.25. The zero-order valence-electron chi connectivity index (χ0n) is 19.3. The number of rotatable bonds is 5. The Kier molecular flexibility index (Phi) is 6.25. The summed E-state index contributed by atoms with van der Waals surface area (Å²) in [7, 11) is 0. The Bertz CT molecular complexity index is 1600. The molecule has 6 nitrogen and oxygen atoms in total. The smallest absolute Gasteiger partial charge is 0.260 e. The summed E-state index contributed by atoms with van der Waals surface area (Å²) in [5, 5.41) is 5.40. The number of aryl methyl sites for hydroxylation is 1. The monoisotopic (exact) mass is 574 g/mol. The van der Waals surface area contributed by atoms with Crippen LogP contribution in [-0.2, 0) is 11.3 Å². The van der Waals surface area contributed by atoms with E-state index in [1.54, 1.807) is 18.3 Å². The van der Waals surface area contributed by atoms with Gasteiger partial charge in [-0.2, -0.15) is 5.10 Å². The van der Waals surface area contributed by atoms with Crippen LogP contribution in [0.25, 0.3) is 27.5 Å². The number of fused-ring (bicyclic) bond motifs is 2. The minimum absolute atomic E-state index is 0.0330. The van der Waals surface area contributed by atoms with E-state index in [0.717, 1.165) is 33.7 Å². The summed E-state index contributed by atoms with van der Waals surface area (Å²) in [6.45, 7) is 4.13. The molecule has 0 saturated heterocycles. The number of carbonyl (C=O) groups excluding carboxylic acids is 1. The van der Waals surface area contributed by atoms with E-state index in [0.29, 0.717) is 10.8 Å². The summed E-state index contributed by atoms with van der Waals surface area (Å²) in [5.41, 5.74) is 8.20.